The summed E-state index contributed by atoms with van der Waals surface area (Å²) in [4.78, 5) is 0. The van der Waals surface area contributed by atoms with Crippen LogP contribution in [0.1, 0.15) is 66.2 Å². The first-order valence-electron chi connectivity index (χ1n) is 7.22. The van der Waals surface area contributed by atoms with E-state index in [0.29, 0.717) is 11.5 Å². The fourth-order valence-corrected chi connectivity index (χ4v) is 3.07. The fourth-order valence-electron chi connectivity index (χ4n) is 3.07. The highest BCUT2D eigenvalue weighted by molar-refractivity contribution is 4.92. The molecule has 0 aromatic rings. The van der Waals surface area contributed by atoms with E-state index >= 15 is 0 Å². The molecule has 17 heavy (non-hydrogen) atoms. The van der Waals surface area contributed by atoms with Gasteiger partial charge in [-0.2, -0.15) is 0 Å². The Morgan fingerprint density at radius 2 is 1.88 bits per heavy atom. The van der Waals surface area contributed by atoms with E-state index in [2.05, 4.69) is 33.0 Å². The van der Waals surface area contributed by atoms with Gasteiger partial charge in [-0.15, -0.1) is 0 Å². The third-order valence-electron chi connectivity index (χ3n) is 4.63. The van der Waals surface area contributed by atoms with E-state index in [4.69, 9.17) is 4.74 Å². The van der Waals surface area contributed by atoms with Crippen molar-refractivity contribution in [3.63, 3.8) is 0 Å². The van der Waals surface area contributed by atoms with Crippen LogP contribution in [0, 0.1) is 5.41 Å². The lowest BCUT2D eigenvalue weighted by atomic mass is 9.77. The summed E-state index contributed by atoms with van der Waals surface area (Å²) in [5, 5.41) is 3.71. The van der Waals surface area contributed by atoms with Gasteiger partial charge in [-0.25, -0.2) is 0 Å². The second-order valence-corrected chi connectivity index (χ2v) is 6.47. The zero-order valence-corrected chi connectivity index (χ0v) is 12.4. The van der Waals surface area contributed by atoms with Crippen LogP contribution in [-0.4, -0.2) is 25.3 Å². The predicted molar refractivity (Wildman–Crippen MR) is 74.4 cm³/mol. The molecule has 0 bridgehead atoms. The van der Waals surface area contributed by atoms with Crippen LogP contribution in [-0.2, 0) is 4.74 Å². The number of nitrogens with one attached hydrogen (secondary N) is 1. The molecule has 1 aliphatic rings. The summed E-state index contributed by atoms with van der Waals surface area (Å²) in [6.07, 6.45) is 7.95. The first-order chi connectivity index (χ1) is 7.93. The van der Waals surface area contributed by atoms with Crippen molar-refractivity contribution in [1.82, 2.24) is 5.32 Å². The van der Waals surface area contributed by atoms with E-state index < -0.39 is 0 Å². The zero-order chi connectivity index (χ0) is 12.9. The Bertz CT molecular complexity index is 219. The quantitative estimate of drug-likeness (QED) is 0.733. The lowest BCUT2D eigenvalue weighted by Crippen LogP contribution is -2.43. The van der Waals surface area contributed by atoms with Gasteiger partial charge >= 0.3 is 0 Å². The molecule has 1 fully saturated rings. The van der Waals surface area contributed by atoms with Gasteiger partial charge in [0.15, 0.2) is 0 Å². The number of hydrogen-bond acceptors (Lipinski definition) is 2. The van der Waals surface area contributed by atoms with Crippen LogP contribution in [0.5, 0.6) is 0 Å². The van der Waals surface area contributed by atoms with Gasteiger partial charge in [-0.3, -0.25) is 0 Å². The number of rotatable bonds is 7. The van der Waals surface area contributed by atoms with Gasteiger partial charge in [0.25, 0.3) is 0 Å². The molecule has 1 atom stereocenters. The maximum Gasteiger partial charge on any atom is 0.0623 e. The minimum atomic E-state index is 0.0165. The van der Waals surface area contributed by atoms with Gasteiger partial charge in [0.1, 0.15) is 0 Å². The van der Waals surface area contributed by atoms with Crippen LogP contribution < -0.4 is 5.32 Å². The van der Waals surface area contributed by atoms with Gasteiger partial charge in [-0.05, 0) is 51.5 Å². The van der Waals surface area contributed by atoms with E-state index in [9.17, 15) is 0 Å². The van der Waals surface area contributed by atoms with E-state index in [0.717, 1.165) is 13.0 Å². The summed E-state index contributed by atoms with van der Waals surface area (Å²) in [5.74, 6) is 0. The van der Waals surface area contributed by atoms with Crippen LogP contribution >= 0.6 is 0 Å². The maximum atomic E-state index is 5.53. The molecule has 0 amide bonds. The van der Waals surface area contributed by atoms with Crippen LogP contribution in [0.3, 0.4) is 0 Å². The Kier molecular flexibility index (Phi) is 5.46. The fraction of sp³-hybridized carbons (Fsp3) is 1.00. The van der Waals surface area contributed by atoms with Crippen molar-refractivity contribution >= 4 is 0 Å². The van der Waals surface area contributed by atoms with E-state index in [1.807, 2.05) is 7.11 Å². The second-order valence-electron chi connectivity index (χ2n) is 6.47. The second kappa shape index (κ2) is 6.19. The SMILES string of the molecule is CCNC(CCC(C)(C)OC)C1(C)CCCC1. The summed E-state index contributed by atoms with van der Waals surface area (Å²) >= 11 is 0. The van der Waals surface area contributed by atoms with Crippen molar-refractivity contribution in [3.05, 3.63) is 0 Å². The van der Waals surface area contributed by atoms with Gasteiger partial charge < -0.3 is 10.1 Å². The monoisotopic (exact) mass is 241 g/mol. The van der Waals surface area contributed by atoms with Gasteiger partial charge in [-0.1, -0.05) is 26.7 Å². The lowest BCUT2D eigenvalue weighted by molar-refractivity contribution is 0.00759. The average molecular weight is 241 g/mol. The van der Waals surface area contributed by atoms with Crippen molar-refractivity contribution in [1.29, 1.82) is 0 Å². The third-order valence-corrected chi connectivity index (χ3v) is 4.63. The maximum absolute atomic E-state index is 5.53. The Hall–Kier alpha value is -0.0800. The van der Waals surface area contributed by atoms with Crippen molar-refractivity contribution in [3.8, 4) is 0 Å². The highest BCUT2D eigenvalue weighted by Crippen LogP contribution is 2.42. The highest BCUT2D eigenvalue weighted by atomic mass is 16.5. The molecule has 0 aliphatic heterocycles. The third kappa shape index (κ3) is 4.26. The van der Waals surface area contributed by atoms with Crippen LogP contribution in [0.4, 0.5) is 0 Å². The van der Waals surface area contributed by atoms with Gasteiger partial charge in [0.05, 0.1) is 5.60 Å². The summed E-state index contributed by atoms with van der Waals surface area (Å²) < 4.78 is 5.53. The standard InChI is InChI=1S/C15H31NO/c1-6-16-13(9-12-14(2,3)17-5)15(4)10-7-8-11-15/h13,16H,6-12H2,1-5H3. The molecule has 1 unspecified atom stereocenters. The summed E-state index contributed by atoms with van der Waals surface area (Å²) in [7, 11) is 1.82. The average Bonchev–Trinajstić information content (AvgIpc) is 2.72. The molecular weight excluding hydrogens is 210 g/mol. The first kappa shape index (κ1) is 15.0. The Labute approximate surface area is 108 Å². The van der Waals surface area contributed by atoms with Crippen molar-refractivity contribution in [2.24, 2.45) is 5.41 Å². The normalized spacial score (nSPS) is 21.7. The zero-order valence-electron chi connectivity index (χ0n) is 12.4. The molecule has 0 radical (unpaired) electrons. The van der Waals surface area contributed by atoms with Crippen molar-refractivity contribution < 1.29 is 4.74 Å². The lowest BCUT2D eigenvalue weighted by Gasteiger charge is -2.37. The molecule has 0 aromatic carbocycles. The van der Waals surface area contributed by atoms with Crippen molar-refractivity contribution in [2.75, 3.05) is 13.7 Å². The van der Waals surface area contributed by atoms with Crippen LogP contribution in [0.25, 0.3) is 0 Å². The summed E-state index contributed by atoms with van der Waals surface area (Å²) in [6, 6.07) is 0.657. The molecule has 0 heterocycles. The van der Waals surface area contributed by atoms with E-state index in [1.54, 1.807) is 0 Å². The summed E-state index contributed by atoms with van der Waals surface area (Å²) in [5.41, 5.74) is 0.530. The topological polar surface area (TPSA) is 21.3 Å². The molecule has 0 aromatic heterocycles. The molecule has 1 N–H and O–H groups in total. The van der Waals surface area contributed by atoms with Crippen LogP contribution in [0.15, 0.2) is 0 Å². The smallest absolute Gasteiger partial charge is 0.0623 e. The number of ether oxygens (including phenoxy) is 1. The minimum Gasteiger partial charge on any atom is -0.379 e. The first-order valence-corrected chi connectivity index (χ1v) is 7.22. The Morgan fingerprint density at radius 1 is 1.29 bits per heavy atom. The summed E-state index contributed by atoms with van der Waals surface area (Å²) in [6.45, 7) is 10.1. The predicted octanol–water partition coefficient (Wildman–Crippen LogP) is 3.75. The van der Waals surface area contributed by atoms with Gasteiger partial charge in [0.2, 0.25) is 0 Å². The number of hydrogen-bond donors (Lipinski definition) is 1. The molecule has 2 heteroatoms. The van der Waals surface area contributed by atoms with E-state index in [1.165, 1.54) is 32.1 Å². The van der Waals surface area contributed by atoms with Gasteiger partial charge in [0, 0.05) is 13.2 Å². The molecular formula is C15H31NO. The molecule has 1 saturated carbocycles. The molecule has 1 rings (SSSR count). The Morgan fingerprint density at radius 3 is 2.35 bits per heavy atom. The Balaban J connectivity index is 2.54. The van der Waals surface area contributed by atoms with E-state index in [-0.39, 0.29) is 5.60 Å². The highest BCUT2D eigenvalue weighted by Gasteiger charge is 2.37. The largest absolute Gasteiger partial charge is 0.379 e. The molecule has 0 spiro atoms. The molecule has 1 aliphatic carbocycles. The van der Waals surface area contributed by atoms with Crippen molar-refractivity contribution in [2.45, 2.75) is 77.9 Å². The number of methoxy groups -OCH3 is 1. The minimum absolute atomic E-state index is 0.0165. The van der Waals surface area contributed by atoms with Crippen LogP contribution in [0.2, 0.25) is 0 Å². The molecule has 0 saturated heterocycles. The molecule has 102 valence electrons. The molecule has 2 nitrogen and oxygen atoms in total.